The summed E-state index contributed by atoms with van der Waals surface area (Å²) >= 11 is 0. The SMILES string of the molecule is CCNC1CCC(C)(C)CC1N(C)C(C)C(C)(C)C. The van der Waals surface area contributed by atoms with E-state index < -0.39 is 0 Å². The van der Waals surface area contributed by atoms with Gasteiger partial charge in [0.25, 0.3) is 0 Å². The van der Waals surface area contributed by atoms with Crippen molar-refractivity contribution in [2.24, 2.45) is 10.8 Å². The van der Waals surface area contributed by atoms with Gasteiger partial charge >= 0.3 is 0 Å². The summed E-state index contributed by atoms with van der Waals surface area (Å²) in [4.78, 5) is 2.63. The fourth-order valence-electron chi connectivity index (χ4n) is 3.38. The lowest BCUT2D eigenvalue weighted by Gasteiger charge is -2.49. The van der Waals surface area contributed by atoms with Crippen molar-refractivity contribution < 1.29 is 0 Å². The van der Waals surface area contributed by atoms with Crippen LogP contribution in [0.25, 0.3) is 0 Å². The molecule has 0 bridgehead atoms. The van der Waals surface area contributed by atoms with E-state index in [2.05, 4.69) is 65.7 Å². The summed E-state index contributed by atoms with van der Waals surface area (Å²) in [7, 11) is 2.33. The van der Waals surface area contributed by atoms with Crippen LogP contribution in [0.15, 0.2) is 0 Å². The molecule has 0 radical (unpaired) electrons. The molecule has 0 aromatic heterocycles. The zero-order valence-corrected chi connectivity index (χ0v) is 14.5. The maximum absolute atomic E-state index is 3.72. The average molecular weight is 268 g/mol. The van der Waals surface area contributed by atoms with Crippen molar-refractivity contribution in [2.45, 2.75) is 85.9 Å². The first-order valence-electron chi connectivity index (χ1n) is 8.04. The molecule has 1 fully saturated rings. The summed E-state index contributed by atoms with van der Waals surface area (Å²) in [5, 5.41) is 3.72. The number of hydrogen-bond donors (Lipinski definition) is 1. The van der Waals surface area contributed by atoms with E-state index in [-0.39, 0.29) is 0 Å². The zero-order valence-electron chi connectivity index (χ0n) is 14.5. The molecule has 114 valence electrons. The molecule has 2 nitrogen and oxygen atoms in total. The van der Waals surface area contributed by atoms with Crippen molar-refractivity contribution in [2.75, 3.05) is 13.6 Å². The first kappa shape index (κ1) is 17.0. The van der Waals surface area contributed by atoms with Crippen molar-refractivity contribution in [3.63, 3.8) is 0 Å². The van der Waals surface area contributed by atoms with Crippen LogP contribution >= 0.6 is 0 Å². The second kappa shape index (κ2) is 6.13. The highest BCUT2D eigenvalue weighted by atomic mass is 15.2. The minimum Gasteiger partial charge on any atom is -0.313 e. The van der Waals surface area contributed by atoms with Crippen LogP contribution in [0.3, 0.4) is 0 Å². The zero-order chi connectivity index (χ0) is 14.8. The van der Waals surface area contributed by atoms with Gasteiger partial charge in [-0.3, -0.25) is 4.90 Å². The Morgan fingerprint density at radius 2 is 1.89 bits per heavy atom. The third kappa shape index (κ3) is 4.46. The van der Waals surface area contributed by atoms with Gasteiger partial charge in [-0.2, -0.15) is 0 Å². The van der Waals surface area contributed by atoms with Gasteiger partial charge in [0.2, 0.25) is 0 Å². The Hall–Kier alpha value is -0.0800. The highest BCUT2D eigenvalue weighted by Crippen LogP contribution is 2.39. The number of hydrogen-bond acceptors (Lipinski definition) is 2. The van der Waals surface area contributed by atoms with Crippen molar-refractivity contribution in [1.29, 1.82) is 0 Å². The van der Waals surface area contributed by atoms with Crippen LogP contribution in [0.4, 0.5) is 0 Å². The fraction of sp³-hybridized carbons (Fsp3) is 1.00. The second-order valence-electron chi connectivity index (χ2n) is 8.35. The average Bonchev–Trinajstić information content (AvgIpc) is 2.28. The monoisotopic (exact) mass is 268 g/mol. The molecule has 0 spiro atoms. The van der Waals surface area contributed by atoms with E-state index in [0.717, 1.165) is 6.54 Å². The molecule has 1 N–H and O–H groups in total. The summed E-state index contributed by atoms with van der Waals surface area (Å²) in [6, 6.07) is 1.93. The van der Waals surface area contributed by atoms with E-state index >= 15 is 0 Å². The highest BCUT2D eigenvalue weighted by Gasteiger charge is 2.39. The Morgan fingerprint density at radius 3 is 2.37 bits per heavy atom. The molecule has 3 unspecified atom stereocenters. The Balaban J connectivity index is 2.84. The van der Waals surface area contributed by atoms with Crippen LogP contribution in [0, 0.1) is 10.8 Å². The van der Waals surface area contributed by atoms with E-state index in [1.165, 1.54) is 19.3 Å². The third-order valence-electron chi connectivity index (χ3n) is 5.21. The molecule has 0 aromatic rings. The normalized spacial score (nSPS) is 29.5. The fourth-order valence-corrected chi connectivity index (χ4v) is 3.38. The first-order valence-corrected chi connectivity index (χ1v) is 8.04. The molecule has 3 atom stereocenters. The summed E-state index contributed by atoms with van der Waals surface area (Å²) in [6.45, 7) is 17.6. The summed E-state index contributed by atoms with van der Waals surface area (Å²) < 4.78 is 0. The molecule has 19 heavy (non-hydrogen) atoms. The molecule has 1 saturated carbocycles. The van der Waals surface area contributed by atoms with Gasteiger partial charge in [-0.25, -0.2) is 0 Å². The minimum absolute atomic E-state index is 0.340. The number of rotatable bonds is 4. The Bertz CT molecular complexity index is 277. The molecule has 0 aromatic carbocycles. The number of likely N-dealkylation sites (N-methyl/N-ethyl adjacent to an activating group) is 2. The number of nitrogens with one attached hydrogen (secondary N) is 1. The maximum atomic E-state index is 3.72. The predicted octanol–water partition coefficient (Wildman–Crippen LogP) is 3.91. The van der Waals surface area contributed by atoms with E-state index in [1.807, 2.05) is 0 Å². The van der Waals surface area contributed by atoms with E-state index in [1.54, 1.807) is 0 Å². The standard InChI is InChI=1S/C17H36N2/c1-9-18-14-10-11-17(6,7)12-15(14)19(8)13(2)16(3,4)5/h13-15,18H,9-12H2,1-8H3. The topological polar surface area (TPSA) is 15.3 Å². The van der Waals surface area contributed by atoms with Gasteiger partial charge < -0.3 is 5.32 Å². The van der Waals surface area contributed by atoms with Gasteiger partial charge in [0.15, 0.2) is 0 Å². The van der Waals surface area contributed by atoms with Gasteiger partial charge in [-0.1, -0.05) is 41.5 Å². The van der Waals surface area contributed by atoms with Crippen molar-refractivity contribution in [1.82, 2.24) is 10.2 Å². The largest absolute Gasteiger partial charge is 0.313 e. The minimum atomic E-state index is 0.340. The molecule has 2 heteroatoms. The Morgan fingerprint density at radius 1 is 1.32 bits per heavy atom. The van der Waals surface area contributed by atoms with Gasteiger partial charge in [0.1, 0.15) is 0 Å². The first-order chi connectivity index (χ1) is 8.58. The lowest BCUT2D eigenvalue weighted by molar-refractivity contribution is 0.0255. The molecule has 1 rings (SSSR count). The van der Waals surface area contributed by atoms with Crippen LogP contribution in [0.2, 0.25) is 0 Å². The van der Waals surface area contributed by atoms with Crippen LogP contribution in [0.1, 0.15) is 67.7 Å². The van der Waals surface area contributed by atoms with E-state index in [0.29, 0.717) is 29.0 Å². The van der Waals surface area contributed by atoms with E-state index in [4.69, 9.17) is 0 Å². The van der Waals surface area contributed by atoms with Crippen LogP contribution in [-0.2, 0) is 0 Å². The van der Waals surface area contributed by atoms with Crippen molar-refractivity contribution in [3.8, 4) is 0 Å². The molecule has 0 saturated heterocycles. The van der Waals surface area contributed by atoms with Gasteiger partial charge in [-0.15, -0.1) is 0 Å². The van der Waals surface area contributed by atoms with Gasteiger partial charge in [0, 0.05) is 18.1 Å². The Labute approximate surface area is 121 Å². The highest BCUT2D eigenvalue weighted by molar-refractivity contribution is 4.96. The van der Waals surface area contributed by atoms with Gasteiger partial charge in [0.05, 0.1) is 0 Å². The van der Waals surface area contributed by atoms with Crippen LogP contribution in [0.5, 0.6) is 0 Å². The van der Waals surface area contributed by atoms with Crippen molar-refractivity contribution in [3.05, 3.63) is 0 Å². The van der Waals surface area contributed by atoms with Gasteiger partial charge in [-0.05, 0) is 50.6 Å². The third-order valence-corrected chi connectivity index (χ3v) is 5.21. The molecular weight excluding hydrogens is 232 g/mol. The lowest BCUT2D eigenvalue weighted by Crippen LogP contribution is -2.57. The quantitative estimate of drug-likeness (QED) is 0.831. The predicted molar refractivity (Wildman–Crippen MR) is 85.6 cm³/mol. The van der Waals surface area contributed by atoms with Crippen LogP contribution < -0.4 is 5.32 Å². The number of nitrogens with zero attached hydrogens (tertiary/aromatic N) is 1. The van der Waals surface area contributed by atoms with Crippen molar-refractivity contribution >= 4 is 0 Å². The maximum Gasteiger partial charge on any atom is 0.0254 e. The lowest BCUT2D eigenvalue weighted by atomic mass is 9.71. The van der Waals surface area contributed by atoms with E-state index in [9.17, 15) is 0 Å². The molecule has 1 aliphatic carbocycles. The summed E-state index contributed by atoms with van der Waals surface area (Å²) in [5.41, 5.74) is 0.829. The smallest absolute Gasteiger partial charge is 0.0254 e. The Kier molecular flexibility index (Phi) is 5.48. The molecule has 0 heterocycles. The van der Waals surface area contributed by atoms with Crippen LogP contribution in [-0.4, -0.2) is 36.6 Å². The summed E-state index contributed by atoms with van der Waals surface area (Å²) in [6.07, 6.45) is 3.97. The summed E-state index contributed by atoms with van der Waals surface area (Å²) in [5.74, 6) is 0. The molecule has 1 aliphatic rings. The molecule has 0 aliphatic heterocycles. The second-order valence-corrected chi connectivity index (χ2v) is 8.35. The molecule has 0 amide bonds. The molecular formula is C17H36N2.